The van der Waals surface area contributed by atoms with Crippen molar-refractivity contribution in [3.8, 4) is 5.75 Å². The van der Waals surface area contributed by atoms with E-state index in [9.17, 15) is 0 Å². The third kappa shape index (κ3) is 4.70. The zero-order valence-corrected chi connectivity index (χ0v) is 17.0. The maximum absolute atomic E-state index is 5.99. The van der Waals surface area contributed by atoms with Gasteiger partial charge in [0.05, 0.1) is 23.4 Å². The van der Waals surface area contributed by atoms with Crippen LogP contribution in [0.15, 0.2) is 83.8 Å². The number of fused-ring (bicyclic) bond motifs is 1. The van der Waals surface area contributed by atoms with Gasteiger partial charge in [-0.15, -0.1) is 11.8 Å². The smallest absolute Gasteiger partial charge is 0.120 e. The van der Waals surface area contributed by atoms with Crippen molar-refractivity contribution in [2.24, 2.45) is 0 Å². The molecule has 4 rings (SSSR count). The first kappa shape index (κ1) is 18.9. The van der Waals surface area contributed by atoms with Crippen LogP contribution in [0.5, 0.6) is 5.75 Å². The summed E-state index contributed by atoms with van der Waals surface area (Å²) < 4.78 is 8.16. The molecular weight excluding hydrogens is 388 g/mol. The lowest BCUT2D eigenvalue weighted by Crippen LogP contribution is -2.07. The van der Waals surface area contributed by atoms with Crippen LogP contribution in [0.4, 0.5) is 0 Å². The molecule has 0 fully saturated rings. The summed E-state index contributed by atoms with van der Waals surface area (Å²) in [7, 11) is 0. The normalized spacial score (nSPS) is 11.0. The molecule has 0 spiro atoms. The van der Waals surface area contributed by atoms with Gasteiger partial charge in [0.15, 0.2) is 0 Å². The van der Waals surface area contributed by atoms with E-state index in [0.29, 0.717) is 6.61 Å². The summed E-state index contributed by atoms with van der Waals surface area (Å²) in [4.78, 5) is 6.05. The van der Waals surface area contributed by atoms with Gasteiger partial charge in [-0.2, -0.15) is 0 Å². The molecule has 1 aromatic heterocycles. The summed E-state index contributed by atoms with van der Waals surface area (Å²) >= 11 is 7.76. The summed E-state index contributed by atoms with van der Waals surface area (Å²) in [5, 5.41) is 0.759. The molecule has 142 valence electrons. The van der Waals surface area contributed by atoms with Crippen molar-refractivity contribution in [3.05, 3.63) is 89.7 Å². The van der Waals surface area contributed by atoms with Gasteiger partial charge in [-0.05, 0) is 55.0 Å². The van der Waals surface area contributed by atoms with Crippen LogP contribution in [-0.2, 0) is 12.3 Å². The van der Waals surface area contributed by atoms with E-state index in [4.69, 9.17) is 21.3 Å². The lowest BCUT2D eigenvalue weighted by atomic mass is 10.3. The maximum Gasteiger partial charge on any atom is 0.120 e. The Labute approximate surface area is 174 Å². The van der Waals surface area contributed by atoms with Crippen molar-refractivity contribution in [2.75, 3.05) is 6.61 Å². The molecule has 3 aromatic carbocycles. The average Bonchev–Trinajstić information content (AvgIpc) is 3.09. The van der Waals surface area contributed by atoms with Gasteiger partial charge in [0.1, 0.15) is 11.6 Å². The van der Waals surface area contributed by atoms with Crippen molar-refractivity contribution in [3.63, 3.8) is 0 Å². The van der Waals surface area contributed by atoms with E-state index < -0.39 is 0 Å². The average molecular weight is 409 g/mol. The van der Waals surface area contributed by atoms with Crippen molar-refractivity contribution >= 4 is 34.4 Å². The summed E-state index contributed by atoms with van der Waals surface area (Å²) in [5.41, 5.74) is 2.21. The zero-order chi connectivity index (χ0) is 19.2. The molecule has 0 aliphatic rings. The number of imidazole rings is 1. The van der Waals surface area contributed by atoms with Crippen molar-refractivity contribution in [1.82, 2.24) is 9.55 Å². The van der Waals surface area contributed by atoms with Gasteiger partial charge in [-0.25, -0.2) is 4.98 Å². The first-order valence-corrected chi connectivity index (χ1v) is 10.7. The number of para-hydroxylation sites is 3. The molecule has 0 aliphatic carbocycles. The molecule has 5 heteroatoms. The van der Waals surface area contributed by atoms with E-state index in [1.807, 2.05) is 60.7 Å². The summed E-state index contributed by atoms with van der Waals surface area (Å²) in [6.45, 7) is 1.56. The second kappa shape index (κ2) is 9.18. The van der Waals surface area contributed by atoms with Crippen LogP contribution in [0.3, 0.4) is 0 Å². The summed E-state index contributed by atoms with van der Waals surface area (Å²) in [5.74, 6) is 2.81. The molecule has 3 nitrogen and oxygen atoms in total. The Morgan fingerprint density at radius 1 is 0.893 bits per heavy atom. The number of thioether (sulfide) groups is 1. The van der Waals surface area contributed by atoms with Gasteiger partial charge in [-0.1, -0.05) is 41.9 Å². The standard InChI is InChI=1S/C23H21ClN2OS/c24-18-11-13-20(14-12-18)28-17-23-25-21-9-4-5-10-22(21)26(23)15-6-16-27-19-7-2-1-3-8-19/h1-5,7-14H,6,15-17H2. The summed E-state index contributed by atoms with van der Waals surface area (Å²) in [6.07, 6.45) is 0.924. The number of nitrogens with zero attached hydrogens (tertiary/aromatic N) is 2. The van der Waals surface area contributed by atoms with Gasteiger partial charge in [0, 0.05) is 16.5 Å². The van der Waals surface area contributed by atoms with Crippen LogP contribution in [0.2, 0.25) is 5.02 Å². The SMILES string of the molecule is Clc1ccc(SCc2nc3ccccc3n2CCCOc2ccccc2)cc1. The molecule has 0 N–H and O–H groups in total. The predicted octanol–water partition coefficient (Wildman–Crippen LogP) is 6.45. The molecule has 0 radical (unpaired) electrons. The van der Waals surface area contributed by atoms with E-state index in [0.717, 1.165) is 40.8 Å². The van der Waals surface area contributed by atoms with E-state index in [2.05, 4.69) is 22.8 Å². The Bertz CT molecular complexity index is 1030. The van der Waals surface area contributed by atoms with Crippen LogP contribution in [0.25, 0.3) is 11.0 Å². The van der Waals surface area contributed by atoms with E-state index in [1.165, 1.54) is 10.4 Å². The lowest BCUT2D eigenvalue weighted by molar-refractivity contribution is 0.302. The number of aromatic nitrogens is 2. The van der Waals surface area contributed by atoms with Gasteiger partial charge in [0.25, 0.3) is 0 Å². The fourth-order valence-electron chi connectivity index (χ4n) is 3.09. The monoisotopic (exact) mass is 408 g/mol. The van der Waals surface area contributed by atoms with Crippen LogP contribution in [0, 0.1) is 0 Å². The van der Waals surface area contributed by atoms with Gasteiger partial charge >= 0.3 is 0 Å². The van der Waals surface area contributed by atoms with E-state index in [-0.39, 0.29) is 0 Å². The minimum absolute atomic E-state index is 0.681. The molecule has 28 heavy (non-hydrogen) atoms. The minimum Gasteiger partial charge on any atom is -0.494 e. The van der Waals surface area contributed by atoms with Crippen LogP contribution >= 0.6 is 23.4 Å². The fraction of sp³-hybridized carbons (Fsp3) is 0.174. The van der Waals surface area contributed by atoms with Gasteiger partial charge in [-0.3, -0.25) is 0 Å². The number of ether oxygens (including phenoxy) is 1. The highest BCUT2D eigenvalue weighted by atomic mass is 35.5. The van der Waals surface area contributed by atoms with Crippen LogP contribution < -0.4 is 4.74 Å². The first-order chi connectivity index (χ1) is 13.8. The first-order valence-electron chi connectivity index (χ1n) is 9.30. The number of hydrogen-bond acceptors (Lipinski definition) is 3. The Morgan fingerprint density at radius 2 is 1.64 bits per heavy atom. The van der Waals surface area contributed by atoms with Crippen molar-refractivity contribution < 1.29 is 4.74 Å². The molecule has 0 unspecified atom stereocenters. The molecule has 0 aliphatic heterocycles. The Morgan fingerprint density at radius 3 is 2.46 bits per heavy atom. The number of aryl methyl sites for hydroxylation is 1. The highest BCUT2D eigenvalue weighted by Crippen LogP contribution is 2.26. The molecule has 0 saturated heterocycles. The molecule has 0 atom stereocenters. The molecular formula is C23H21ClN2OS. The van der Waals surface area contributed by atoms with E-state index in [1.54, 1.807) is 11.8 Å². The second-order valence-corrected chi connectivity index (χ2v) is 7.91. The number of hydrogen-bond donors (Lipinski definition) is 0. The molecule has 0 bridgehead atoms. The number of benzene rings is 3. The van der Waals surface area contributed by atoms with Crippen molar-refractivity contribution in [2.45, 2.75) is 23.6 Å². The van der Waals surface area contributed by atoms with Crippen LogP contribution in [-0.4, -0.2) is 16.2 Å². The highest BCUT2D eigenvalue weighted by molar-refractivity contribution is 7.98. The topological polar surface area (TPSA) is 27.1 Å². The van der Waals surface area contributed by atoms with Crippen LogP contribution in [0.1, 0.15) is 12.2 Å². The Kier molecular flexibility index (Phi) is 6.20. The second-order valence-electron chi connectivity index (χ2n) is 6.43. The third-order valence-electron chi connectivity index (χ3n) is 4.45. The highest BCUT2D eigenvalue weighted by Gasteiger charge is 2.11. The number of rotatable bonds is 8. The van der Waals surface area contributed by atoms with E-state index >= 15 is 0 Å². The number of halogens is 1. The Balaban J connectivity index is 1.44. The molecule has 0 saturated carbocycles. The largest absolute Gasteiger partial charge is 0.494 e. The molecule has 4 aromatic rings. The van der Waals surface area contributed by atoms with Crippen molar-refractivity contribution in [1.29, 1.82) is 0 Å². The van der Waals surface area contributed by atoms with Gasteiger partial charge < -0.3 is 9.30 Å². The third-order valence-corrected chi connectivity index (χ3v) is 5.71. The summed E-state index contributed by atoms with van der Waals surface area (Å²) in [6, 6.07) is 26.2. The van der Waals surface area contributed by atoms with Gasteiger partial charge in [0.2, 0.25) is 0 Å². The molecule has 0 amide bonds. The fourth-order valence-corrected chi connectivity index (χ4v) is 4.06. The lowest BCUT2D eigenvalue weighted by Gasteiger charge is -2.10. The maximum atomic E-state index is 5.99. The quantitative estimate of drug-likeness (QED) is 0.247. The Hall–Kier alpha value is -2.43. The minimum atomic E-state index is 0.681. The predicted molar refractivity (Wildman–Crippen MR) is 117 cm³/mol. The zero-order valence-electron chi connectivity index (χ0n) is 15.4. The molecule has 1 heterocycles.